The van der Waals surface area contributed by atoms with E-state index in [1.807, 2.05) is 6.92 Å². The van der Waals surface area contributed by atoms with Gasteiger partial charge in [-0.1, -0.05) is 15.9 Å². The lowest BCUT2D eigenvalue weighted by atomic mass is 10.1. The lowest BCUT2D eigenvalue weighted by molar-refractivity contribution is -0.126. The highest BCUT2D eigenvalue weighted by Crippen LogP contribution is 2.51. The Kier molecular flexibility index (Phi) is 3.73. The van der Waals surface area contributed by atoms with Crippen molar-refractivity contribution in [3.05, 3.63) is 33.4 Å². The van der Waals surface area contributed by atoms with Crippen LogP contribution in [0.15, 0.2) is 15.3 Å². The maximum atomic E-state index is 12.0. The molecule has 0 spiro atoms. The molecule has 0 aliphatic heterocycles. The normalized spacial score (nSPS) is 24.1. The van der Waals surface area contributed by atoms with Crippen LogP contribution in [0.3, 0.4) is 0 Å². The summed E-state index contributed by atoms with van der Waals surface area (Å²) in [7, 11) is 0. The molecule has 1 aromatic rings. The first-order chi connectivity index (χ1) is 9.25. The molecule has 6 nitrogen and oxygen atoms in total. The smallest absolute Gasteiger partial charge is 0.336 e. The van der Waals surface area contributed by atoms with Crippen molar-refractivity contribution in [3.63, 3.8) is 0 Å². The van der Waals surface area contributed by atoms with Crippen LogP contribution < -0.4 is 16.5 Å². The molecule has 1 aliphatic rings. The van der Waals surface area contributed by atoms with Crippen molar-refractivity contribution in [2.45, 2.75) is 32.0 Å². The van der Waals surface area contributed by atoms with Crippen molar-refractivity contribution >= 4 is 27.7 Å². The van der Waals surface area contributed by atoms with Gasteiger partial charge in [-0.3, -0.25) is 20.4 Å². The first-order valence-corrected chi connectivity index (χ1v) is 7.03. The highest BCUT2D eigenvalue weighted by atomic mass is 79.9. The molecule has 2 rings (SSSR count). The number of hydrogen-bond acceptors (Lipinski definition) is 4. The van der Waals surface area contributed by atoms with Gasteiger partial charge in [-0.25, -0.2) is 4.79 Å². The summed E-state index contributed by atoms with van der Waals surface area (Å²) in [5, 5.41) is 0. The molecule has 2 amide bonds. The Balaban J connectivity index is 2.06. The van der Waals surface area contributed by atoms with E-state index >= 15 is 0 Å². The average Bonchev–Trinajstić information content (AvgIpc) is 2.94. The van der Waals surface area contributed by atoms with Crippen LogP contribution in [0.5, 0.6) is 0 Å². The van der Waals surface area contributed by atoms with E-state index in [4.69, 9.17) is 4.42 Å². The van der Waals surface area contributed by atoms with Crippen LogP contribution in [-0.2, 0) is 4.79 Å². The zero-order valence-electron chi connectivity index (χ0n) is 11.4. The number of rotatable bonds is 2. The van der Waals surface area contributed by atoms with E-state index in [9.17, 15) is 14.4 Å². The van der Waals surface area contributed by atoms with E-state index in [0.29, 0.717) is 5.56 Å². The van der Waals surface area contributed by atoms with Crippen molar-refractivity contribution in [2.75, 3.05) is 0 Å². The molecular weight excluding hydrogens is 328 g/mol. The van der Waals surface area contributed by atoms with Gasteiger partial charge in [0.1, 0.15) is 5.76 Å². The Hall–Kier alpha value is -1.63. The van der Waals surface area contributed by atoms with E-state index < -0.39 is 16.9 Å². The fourth-order valence-electron chi connectivity index (χ4n) is 1.96. The molecule has 1 heterocycles. The molecule has 1 aromatic heterocycles. The van der Waals surface area contributed by atoms with Crippen LogP contribution in [0.1, 0.15) is 35.0 Å². The Morgan fingerprint density at radius 3 is 2.50 bits per heavy atom. The Labute approximate surface area is 124 Å². The van der Waals surface area contributed by atoms with Gasteiger partial charge in [0.15, 0.2) is 0 Å². The molecule has 0 aromatic carbocycles. The van der Waals surface area contributed by atoms with Gasteiger partial charge in [0, 0.05) is 10.9 Å². The van der Waals surface area contributed by atoms with Crippen LogP contribution in [0.25, 0.3) is 0 Å². The summed E-state index contributed by atoms with van der Waals surface area (Å²) in [6, 6.07) is 1.24. The molecule has 1 aliphatic carbocycles. The highest BCUT2D eigenvalue weighted by Gasteiger charge is 2.54. The molecule has 0 radical (unpaired) electrons. The van der Waals surface area contributed by atoms with Gasteiger partial charge in [-0.05, 0) is 32.8 Å². The third-order valence-corrected chi connectivity index (χ3v) is 4.84. The van der Waals surface area contributed by atoms with Crippen LogP contribution in [0.4, 0.5) is 0 Å². The summed E-state index contributed by atoms with van der Waals surface area (Å²) in [6.07, 6.45) is 0.729. The van der Waals surface area contributed by atoms with Gasteiger partial charge in [0.25, 0.3) is 5.91 Å². The first-order valence-electron chi connectivity index (χ1n) is 6.12. The van der Waals surface area contributed by atoms with Crippen LogP contribution in [-0.4, -0.2) is 16.6 Å². The summed E-state index contributed by atoms with van der Waals surface area (Å²) >= 11 is 3.37. The summed E-state index contributed by atoms with van der Waals surface area (Å²) in [4.78, 5) is 35.2. The molecule has 0 unspecified atom stereocenters. The third kappa shape index (κ3) is 2.63. The minimum atomic E-state index is -0.507. The Morgan fingerprint density at radius 1 is 1.40 bits per heavy atom. The molecule has 1 fully saturated rings. The van der Waals surface area contributed by atoms with Gasteiger partial charge in [-0.15, -0.1) is 0 Å². The van der Waals surface area contributed by atoms with E-state index in [-0.39, 0.29) is 22.1 Å². The Morgan fingerprint density at radius 2 is 2.00 bits per heavy atom. The quantitative estimate of drug-likeness (QED) is 0.624. The van der Waals surface area contributed by atoms with Crippen molar-refractivity contribution < 1.29 is 14.0 Å². The van der Waals surface area contributed by atoms with Gasteiger partial charge in [0.05, 0.1) is 11.0 Å². The standard InChI is InChI=1S/C13H15BrN2O4/c1-6-4-9(17)20-7(2)10(6)11(18)15-16-12(19)13(3)5-8(13)14/h4,8H,5H2,1-3H3,(H,15,18)(H,16,19)/t8-,13+/m1/s1. The van der Waals surface area contributed by atoms with Gasteiger partial charge >= 0.3 is 5.63 Å². The number of carbonyl (C=O) groups is 2. The number of alkyl halides is 1. The molecule has 7 heteroatoms. The molecule has 1 saturated carbocycles. The van der Waals surface area contributed by atoms with Crippen molar-refractivity contribution in [1.82, 2.24) is 10.9 Å². The second kappa shape index (κ2) is 5.05. The fraction of sp³-hybridized carbons (Fsp3) is 0.462. The topological polar surface area (TPSA) is 88.4 Å². The second-order valence-electron chi connectivity index (χ2n) is 5.18. The SMILES string of the molecule is Cc1cc(=O)oc(C)c1C(=O)NNC(=O)[C@@]1(C)C[C@H]1Br. The number of nitrogens with one attached hydrogen (secondary N) is 2. The monoisotopic (exact) mass is 342 g/mol. The Bertz CT molecular complexity index is 613. The third-order valence-electron chi connectivity index (χ3n) is 3.50. The maximum Gasteiger partial charge on any atom is 0.336 e. The van der Waals surface area contributed by atoms with Crippen molar-refractivity contribution in [2.24, 2.45) is 5.41 Å². The van der Waals surface area contributed by atoms with Crippen LogP contribution in [0.2, 0.25) is 0 Å². The summed E-state index contributed by atoms with van der Waals surface area (Å²) < 4.78 is 4.88. The maximum absolute atomic E-state index is 12.0. The van der Waals surface area contributed by atoms with E-state index in [2.05, 4.69) is 26.8 Å². The molecular formula is C13H15BrN2O4. The minimum absolute atomic E-state index is 0.130. The zero-order chi connectivity index (χ0) is 15.1. The highest BCUT2D eigenvalue weighted by molar-refractivity contribution is 9.09. The fourth-order valence-corrected chi connectivity index (χ4v) is 2.84. The lowest BCUT2D eigenvalue weighted by Gasteiger charge is -2.13. The first kappa shape index (κ1) is 14.8. The van der Waals surface area contributed by atoms with Gasteiger partial charge < -0.3 is 4.42 Å². The molecule has 20 heavy (non-hydrogen) atoms. The summed E-state index contributed by atoms with van der Waals surface area (Å²) in [5.74, 6) is -0.536. The van der Waals surface area contributed by atoms with Crippen LogP contribution in [0, 0.1) is 19.3 Å². The van der Waals surface area contributed by atoms with E-state index in [0.717, 1.165) is 6.42 Å². The molecule has 2 N–H and O–H groups in total. The number of amides is 2. The average molecular weight is 343 g/mol. The summed E-state index contributed by atoms with van der Waals surface area (Å²) in [6.45, 7) is 4.98. The van der Waals surface area contributed by atoms with Crippen LogP contribution >= 0.6 is 15.9 Å². The molecule has 108 valence electrons. The predicted molar refractivity (Wildman–Crippen MR) is 75.5 cm³/mol. The number of carbonyl (C=O) groups excluding carboxylic acids is 2. The van der Waals surface area contributed by atoms with Gasteiger partial charge in [-0.2, -0.15) is 0 Å². The minimum Gasteiger partial charge on any atom is -0.427 e. The van der Waals surface area contributed by atoms with E-state index in [1.165, 1.54) is 13.0 Å². The number of hydrogen-bond donors (Lipinski definition) is 2. The predicted octanol–water partition coefficient (Wildman–Crippen LogP) is 1.19. The van der Waals surface area contributed by atoms with Crippen molar-refractivity contribution in [1.29, 1.82) is 0 Å². The van der Waals surface area contributed by atoms with Crippen molar-refractivity contribution in [3.8, 4) is 0 Å². The summed E-state index contributed by atoms with van der Waals surface area (Å²) in [5.41, 5.74) is 4.50. The molecule has 0 saturated heterocycles. The zero-order valence-corrected chi connectivity index (χ0v) is 13.0. The number of halogens is 1. The second-order valence-corrected chi connectivity index (χ2v) is 6.28. The molecule has 0 bridgehead atoms. The van der Waals surface area contributed by atoms with Gasteiger partial charge in [0.2, 0.25) is 5.91 Å². The number of hydrazine groups is 1. The largest absolute Gasteiger partial charge is 0.427 e. The molecule has 2 atom stereocenters. The van der Waals surface area contributed by atoms with E-state index in [1.54, 1.807) is 6.92 Å². The lowest BCUT2D eigenvalue weighted by Crippen LogP contribution is -2.45. The number of aryl methyl sites for hydroxylation is 2.